The number of halogens is 4. The van der Waals surface area contributed by atoms with Gasteiger partial charge in [-0.3, -0.25) is 4.79 Å². The van der Waals surface area contributed by atoms with Gasteiger partial charge in [0.2, 0.25) is 5.91 Å². The standard InChI is InChI=1S/C14H15F4NO2/c1-12(21,14(16,17)18)8-19-11(20)10-7-13(10,15)9-5-3-2-4-6-9/h2-6,10,21H,7-8H2,1H3,(H,19,20)/t10-,12-,13-/m0/s1. The van der Waals surface area contributed by atoms with Crippen LogP contribution in [0.5, 0.6) is 0 Å². The molecule has 0 radical (unpaired) electrons. The van der Waals surface area contributed by atoms with Gasteiger partial charge in [-0.05, 0) is 12.5 Å². The Balaban J connectivity index is 1.96. The average molecular weight is 305 g/mol. The van der Waals surface area contributed by atoms with Gasteiger partial charge in [0.1, 0.15) is 5.67 Å². The van der Waals surface area contributed by atoms with Crippen LogP contribution in [0.15, 0.2) is 30.3 Å². The Hall–Kier alpha value is -1.63. The van der Waals surface area contributed by atoms with E-state index >= 15 is 0 Å². The molecule has 0 spiro atoms. The second-order valence-electron chi connectivity index (χ2n) is 5.47. The molecule has 2 rings (SSSR count). The molecule has 3 nitrogen and oxygen atoms in total. The third-order valence-corrected chi connectivity index (χ3v) is 3.68. The molecule has 0 bridgehead atoms. The lowest BCUT2D eigenvalue weighted by molar-refractivity contribution is -0.250. The van der Waals surface area contributed by atoms with E-state index in [0.29, 0.717) is 12.5 Å². The first-order valence-corrected chi connectivity index (χ1v) is 6.39. The largest absolute Gasteiger partial charge is 0.418 e. The molecule has 1 saturated carbocycles. The first-order chi connectivity index (χ1) is 9.58. The number of alkyl halides is 4. The predicted molar refractivity (Wildman–Crippen MR) is 67.0 cm³/mol. The van der Waals surface area contributed by atoms with Crippen molar-refractivity contribution in [3.63, 3.8) is 0 Å². The number of rotatable bonds is 4. The van der Waals surface area contributed by atoms with Gasteiger partial charge in [-0.2, -0.15) is 13.2 Å². The Bertz CT molecular complexity index is 530. The van der Waals surface area contributed by atoms with E-state index in [4.69, 9.17) is 0 Å². The summed E-state index contributed by atoms with van der Waals surface area (Å²) in [5.41, 5.74) is -4.55. The van der Waals surface area contributed by atoms with E-state index in [1.165, 1.54) is 12.1 Å². The number of hydrogen-bond acceptors (Lipinski definition) is 2. The highest BCUT2D eigenvalue weighted by molar-refractivity contribution is 5.83. The summed E-state index contributed by atoms with van der Waals surface area (Å²) in [6, 6.07) is 8.00. The molecule has 0 saturated heterocycles. The third kappa shape index (κ3) is 3.02. The zero-order chi connectivity index (χ0) is 15.9. The van der Waals surface area contributed by atoms with Crippen LogP contribution < -0.4 is 5.32 Å². The van der Waals surface area contributed by atoms with Crippen LogP contribution >= 0.6 is 0 Å². The van der Waals surface area contributed by atoms with Gasteiger partial charge in [0, 0.05) is 6.42 Å². The zero-order valence-electron chi connectivity index (χ0n) is 11.2. The van der Waals surface area contributed by atoms with Crippen LogP contribution in [0.3, 0.4) is 0 Å². The molecule has 1 fully saturated rings. The maximum absolute atomic E-state index is 14.5. The Kier molecular flexibility index (Phi) is 3.73. The lowest BCUT2D eigenvalue weighted by Gasteiger charge is -2.26. The Morgan fingerprint density at radius 3 is 2.48 bits per heavy atom. The van der Waals surface area contributed by atoms with Crippen LogP contribution in [-0.2, 0) is 10.5 Å². The van der Waals surface area contributed by atoms with Crippen molar-refractivity contribution in [3.05, 3.63) is 35.9 Å². The van der Waals surface area contributed by atoms with Crippen LogP contribution in [0.25, 0.3) is 0 Å². The Labute approximate surface area is 119 Å². The topological polar surface area (TPSA) is 49.3 Å². The summed E-state index contributed by atoms with van der Waals surface area (Å²) in [6.45, 7) is -0.448. The lowest BCUT2D eigenvalue weighted by Crippen LogP contribution is -2.51. The molecule has 116 valence electrons. The maximum Gasteiger partial charge on any atom is 0.418 e. The van der Waals surface area contributed by atoms with E-state index in [-0.39, 0.29) is 6.42 Å². The number of benzene rings is 1. The summed E-state index contributed by atoms with van der Waals surface area (Å²) in [5.74, 6) is -1.85. The van der Waals surface area contributed by atoms with Crippen LogP contribution in [0, 0.1) is 5.92 Å². The Morgan fingerprint density at radius 1 is 1.38 bits per heavy atom. The van der Waals surface area contributed by atoms with E-state index in [2.05, 4.69) is 0 Å². The van der Waals surface area contributed by atoms with Crippen molar-refractivity contribution < 1.29 is 27.5 Å². The highest BCUT2D eigenvalue weighted by atomic mass is 19.4. The molecule has 1 aromatic rings. The minimum atomic E-state index is -4.87. The van der Waals surface area contributed by atoms with Gasteiger partial charge >= 0.3 is 6.18 Å². The number of nitrogens with one attached hydrogen (secondary N) is 1. The van der Waals surface area contributed by atoms with E-state index < -0.39 is 35.8 Å². The molecule has 1 amide bonds. The molecule has 0 aromatic heterocycles. The molecule has 1 aliphatic rings. The Morgan fingerprint density at radius 2 is 1.95 bits per heavy atom. The van der Waals surface area contributed by atoms with Crippen molar-refractivity contribution in [1.82, 2.24) is 5.32 Å². The molecule has 0 unspecified atom stereocenters. The van der Waals surface area contributed by atoms with Crippen LogP contribution in [-0.4, -0.2) is 29.3 Å². The molecule has 0 aliphatic heterocycles. The van der Waals surface area contributed by atoms with Gasteiger partial charge < -0.3 is 10.4 Å². The second-order valence-corrected chi connectivity index (χ2v) is 5.47. The molecule has 1 aromatic carbocycles. The summed E-state index contributed by atoms with van der Waals surface area (Å²) in [7, 11) is 0. The van der Waals surface area contributed by atoms with Gasteiger partial charge in [0.15, 0.2) is 5.60 Å². The number of carbonyl (C=O) groups excluding carboxylic acids is 1. The van der Waals surface area contributed by atoms with Crippen molar-refractivity contribution in [2.24, 2.45) is 5.92 Å². The van der Waals surface area contributed by atoms with Crippen LogP contribution in [0.2, 0.25) is 0 Å². The minimum Gasteiger partial charge on any atom is -0.379 e. The van der Waals surface area contributed by atoms with Gasteiger partial charge in [-0.25, -0.2) is 4.39 Å². The normalized spacial score (nSPS) is 27.8. The summed E-state index contributed by atoms with van der Waals surface area (Å²) < 4.78 is 51.8. The number of hydrogen-bond donors (Lipinski definition) is 2. The SMILES string of the molecule is C[C@](O)(CNC(=O)[C@@H]1C[C@]1(F)c1ccccc1)C(F)(F)F. The third-order valence-electron chi connectivity index (χ3n) is 3.68. The van der Waals surface area contributed by atoms with E-state index in [1.54, 1.807) is 18.2 Å². The molecular weight excluding hydrogens is 290 g/mol. The van der Waals surface area contributed by atoms with Gasteiger partial charge in [0.05, 0.1) is 12.5 Å². The van der Waals surface area contributed by atoms with Gasteiger partial charge in [0.25, 0.3) is 0 Å². The van der Waals surface area contributed by atoms with Crippen LogP contribution in [0.1, 0.15) is 18.9 Å². The molecule has 21 heavy (non-hydrogen) atoms. The fourth-order valence-electron chi connectivity index (χ4n) is 2.06. The summed E-state index contributed by atoms with van der Waals surface area (Å²) >= 11 is 0. The molecule has 2 N–H and O–H groups in total. The van der Waals surface area contributed by atoms with E-state index in [1.807, 2.05) is 5.32 Å². The van der Waals surface area contributed by atoms with Crippen molar-refractivity contribution in [2.45, 2.75) is 30.8 Å². The molecule has 0 heterocycles. The van der Waals surface area contributed by atoms with Gasteiger partial charge in [-0.1, -0.05) is 30.3 Å². The molecule has 7 heteroatoms. The zero-order valence-corrected chi connectivity index (χ0v) is 11.2. The van der Waals surface area contributed by atoms with Gasteiger partial charge in [-0.15, -0.1) is 0 Å². The molecule has 1 aliphatic carbocycles. The highest BCUT2D eigenvalue weighted by Crippen LogP contribution is 2.55. The summed E-state index contributed by atoms with van der Waals surface area (Å²) in [6.07, 6.45) is -4.94. The lowest BCUT2D eigenvalue weighted by atomic mass is 10.1. The monoisotopic (exact) mass is 305 g/mol. The number of carbonyl (C=O) groups is 1. The summed E-state index contributed by atoms with van der Waals surface area (Å²) in [4.78, 5) is 11.7. The van der Waals surface area contributed by atoms with Crippen molar-refractivity contribution >= 4 is 5.91 Å². The summed E-state index contributed by atoms with van der Waals surface area (Å²) in [5, 5.41) is 11.2. The van der Waals surface area contributed by atoms with E-state index in [9.17, 15) is 27.5 Å². The fourth-order valence-corrected chi connectivity index (χ4v) is 2.06. The second kappa shape index (κ2) is 4.98. The van der Waals surface area contributed by atoms with Crippen LogP contribution in [0.4, 0.5) is 17.6 Å². The predicted octanol–water partition coefficient (Wildman–Crippen LogP) is 2.30. The van der Waals surface area contributed by atoms with Crippen molar-refractivity contribution in [1.29, 1.82) is 0 Å². The first-order valence-electron chi connectivity index (χ1n) is 6.39. The number of aliphatic hydroxyl groups is 1. The smallest absolute Gasteiger partial charge is 0.379 e. The van der Waals surface area contributed by atoms with Crippen molar-refractivity contribution in [2.75, 3.05) is 6.54 Å². The quantitative estimate of drug-likeness (QED) is 0.839. The number of amides is 1. The minimum absolute atomic E-state index is 0.0724. The maximum atomic E-state index is 14.5. The molecule has 3 atom stereocenters. The van der Waals surface area contributed by atoms with E-state index in [0.717, 1.165) is 0 Å². The average Bonchev–Trinajstić information content (AvgIpc) is 3.10. The van der Waals surface area contributed by atoms with Crippen molar-refractivity contribution in [3.8, 4) is 0 Å². The highest BCUT2D eigenvalue weighted by Gasteiger charge is 2.61. The molecular formula is C14H15F4NO2. The first kappa shape index (κ1) is 15.8. The fraction of sp³-hybridized carbons (Fsp3) is 0.500.